The fraction of sp³-hybridized carbons (Fsp3) is 0.200. The molecule has 0 saturated carbocycles. The fourth-order valence-corrected chi connectivity index (χ4v) is 3.65. The highest BCUT2D eigenvalue weighted by Crippen LogP contribution is 2.25. The Morgan fingerprint density at radius 2 is 1.82 bits per heavy atom. The standard InChI is InChI=1S/C25H24ClFN6O/c1-14(28)17-6-9-20(21(27)10-17)15(2)30-25(34)23-11-22(16-4-7-19(26)8-5-16)31-24(32-23)18-12-29-33(3)13-18/h4-15H,28H2,1-3H3,(H,30,34)/t14?,15-/m0/s1. The van der Waals surface area contributed by atoms with Crippen molar-refractivity contribution in [2.75, 3.05) is 0 Å². The van der Waals surface area contributed by atoms with Crippen LogP contribution in [0.2, 0.25) is 5.02 Å². The van der Waals surface area contributed by atoms with E-state index in [2.05, 4.69) is 20.4 Å². The van der Waals surface area contributed by atoms with Crippen molar-refractivity contribution < 1.29 is 9.18 Å². The summed E-state index contributed by atoms with van der Waals surface area (Å²) in [5.41, 5.74) is 9.02. The predicted octanol–water partition coefficient (Wildman–Crippen LogP) is 4.85. The lowest BCUT2D eigenvalue weighted by molar-refractivity contribution is 0.0934. The molecule has 7 nitrogen and oxygen atoms in total. The predicted molar refractivity (Wildman–Crippen MR) is 130 cm³/mol. The quantitative estimate of drug-likeness (QED) is 0.413. The van der Waals surface area contributed by atoms with Crippen LogP contribution in [-0.2, 0) is 7.05 Å². The Morgan fingerprint density at radius 1 is 1.09 bits per heavy atom. The van der Waals surface area contributed by atoms with E-state index in [0.717, 1.165) is 5.56 Å². The lowest BCUT2D eigenvalue weighted by Gasteiger charge is -2.17. The van der Waals surface area contributed by atoms with Gasteiger partial charge in [0.15, 0.2) is 5.82 Å². The first kappa shape index (κ1) is 23.5. The molecule has 2 aromatic carbocycles. The molecule has 9 heteroatoms. The maximum Gasteiger partial charge on any atom is 0.270 e. The van der Waals surface area contributed by atoms with Gasteiger partial charge >= 0.3 is 0 Å². The van der Waals surface area contributed by atoms with Crippen molar-refractivity contribution in [1.82, 2.24) is 25.1 Å². The smallest absolute Gasteiger partial charge is 0.270 e. The van der Waals surface area contributed by atoms with E-state index in [0.29, 0.717) is 33.2 Å². The summed E-state index contributed by atoms with van der Waals surface area (Å²) >= 11 is 6.02. The van der Waals surface area contributed by atoms with Crippen LogP contribution in [0.1, 0.15) is 47.5 Å². The van der Waals surface area contributed by atoms with E-state index in [1.54, 1.807) is 68.3 Å². The van der Waals surface area contributed by atoms with Crippen molar-refractivity contribution in [3.05, 3.63) is 88.6 Å². The number of carbonyl (C=O) groups is 1. The third-order valence-electron chi connectivity index (χ3n) is 5.43. The topological polar surface area (TPSA) is 98.7 Å². The molecular formula is C25H24ClFN6O. The number of hydrogen-bond acceptors (Lipinski definition) is 5. The summed E-state index contributed by atoms with van der Waals surface area (Å²) in [6.07, 6.45) is 3.39. The van der Waals surface area contributed by atoms with E-state index < -0.39 is 17.8 Å². The number of nitrogens with one attached hydrogen (secondary N) is 1. The maximum absolute atomic E-state index is 14.7. The van der Waals surface area contributed by atoms with Gasteiger partial charge in [0.25, 0.3) is 5.91 Å². The molecular weight excluding hydrogens is 455 g/mol. The average molecular weight is 479 g/mol. The number of aryl methyl sites for hydroxylation is 1. The van der Waals surface area contributed by atoms with Gasteiger partial charge in [-0.3, -0.25) is 9.48 Å². The monoisotopic (exact) mass is 478 g/mol. The number of aromatic nitrogens is 4. The number of carbonyl (C=O) groups excluding carboxylic acids is 1. The molecule has 1 amide bonds. The number of nitrogens with two attached hydrogens (primary N) is 1. The second kappa shape index (κ2) is 9.70. The zero-order valence-corrected chi connectivity index (χ0v) is 19.7. The minimum Gasteiger partial charge on any atom is -0.344 e. The molecule has 0 aliphatic carbocycles. The van der Waals surface area contributed by atoms with Crippen molar-refractivity contribution in [2.45, 2.75) is 25.9 Å². The molecule has 2 atom stereocenters. The molecule has 0 fully saturated rings. The number of benzene rings is 2. The van der Waals surface area contributed by atoms with Crippen LogP contribution in [0.4, 0.5) is 4.39 Å². The number of rotatable bonds is 6. The van der Waals surface area contributed by atoms with Crippen LogP contribution in [0.3, 0.4) is 0 Å². The Hall–Kier alpha value is -3.62. The summed E-state index contributed by atoms with van der Waals surface area (Å²) in [4.78, 5) is 22.2. The largest absolute Gasteiger partial charge is 0.344 e. The van der Waals surface area contributed by atoms with Crippen LogP contribution in [-0.4, -0.2) is 25.7 Å². The third-order valence-corrected chi connectivity index (χ3v) is 5.68. The highest BCUT2D eigenvalue weighted by Gasteiger charge is 2.19. The first-order valence-electron chi connectivity index (χ1n) is 10.7. The third kappa shape index (κ3) is 5.13. The molecule has 0 spiro atoms. The Bertz CT molecular complexity index is 1340. The van der Waals surface area contributed by atoms with E-state index in [1.165, 1.54) is 6.07 Å². The Kier molecular flexibility index (Phi) is 6.72. The second-order valence-corrected chi connectivity index (χ2v) is 8.57. The minimum atomic E-state index is -0.592. The van der Waals surface area contributed by atoms with Crippen molar-refractivity contribution in [1.29, 1.82) is 0 Å². The summed E-state index contributed by atoms with van der Waals surface area (Å²) in [5, 5.41) is 7.59. The Balaban J connectivity index is 1.67. The lowest BCUT2D eigenvalue weighted by Crippen LogP contribution is -2.28. The number of nitrogens with zero attached hydrogens (tertiary/aromatic N) is 4. The maximum atomic E-state index is 14.7. The van der Waals surface area contributed by atoms with Gasteiger partial charge in [0.05, 0.1) is 23.5 Å². The molecule has 0 saturated heterocycles. The van der Waals surface area contributed by atoms with Crippen molar-refractivity contribution in [2.24, 2.45) is 12.8 Å². The van der Waals surface area contributed by atoms with E-state index >= 15 is 0 Å². The SMILES string of the molecule is CC(N)c1ccc([C@H](C)NC(=O)c2cc(-c3ccc(Cl)cc3)nc(-c3cnn(C)c3)n2)c(F)c1. The molecule has 174 valence electrons. The van der Waals surface area contributed by atoms with Crippen LogP contribution in [0.25, 0.3) is 22.6 Å². The molecule has 4 rings (SSSR count). The summed E-state index contributed by atoms with van der Waals surface area (Å²) in [6, 6.07) is 12.6. The molecule has 0 radical (unpaired) electrons. The molecule has 0 aliphatic rings. The molecule has 2 heterocycles. The highest BCUT2D eigenvalue weighted by molar-refractivity contribution is 6.30. The Morgan fingerprint density at radius 3 is 2.44 bits per heavy atom. The second-order valence-electron chi connectivity index (χ2n) is 8.14. The fourth-order valence-electron chi connectivity index (χ4n) is 3.52. The van der Waals surface area contributed by atoms with Gasteiger partial charge in [-0.2, -0.15) is 5.10 Å². The van der Waals surface area contributed by atoms with Gasteiger partial charge in [-0.15, -0.1) is 0 Å². The zero-order valence-electron chi connectivity index (χ0n) is 19.0. The average Bonchev–Trinajstić information content (AvgIpc) is 3.25. The summed E-state index contributed by atoms with van der Waals surface area (Å²) in [6.45, 7) is 3.50. The zero-order chi connectivity index (χ0) is 24.4. The molecule has 3 N–H and O–H groups in total. The molecule has 34 heavy (non-hydrogen) atoms. The number of halogens is 2. The van der Waals surface area contributed by atoms with Crippen LogP contribution < -0.4 is 11.1 Å². The van der Waals surface area contributed by atoms with Crippen molar-refractivity contribution in [3.8, 4) is 22.6 Å². The van der Waals surface area contributed by atoms with Gasteiger partial charge in [0, 0.05) is 35.4 Å². The van der Waals surface area contributed by atoms with Crippen LogP contribution in [0, 0.1) is 5.82 Å². The van der Waals surface area contributed by atoms with Crippen LogP contribution >= 0.6 is 11.6 Å². The van der Waals surface area contributed by atoms with E-state index in [-0.39, 0.29) is 11.7 Å². The summed E-state index contributed by atoms with van der Waals surface area (Å²) in [5.74, 6) is -0.528. The van der Waals surface area contributed by atoms with Gasteiger partial charge in [-0.05, 0) is 43.7 Å². The van der Waals surface area contributed by atoms with Crippen LogP contribution in [0.5, 0.6) is 0 Å². The van der Waals surface area contributed by atoms with E-state index in [9.17, 15) is 9.18 Å². The van der Waals surface area contributed by atoms with Gasteiger partial charge in [0.1, 0.15) is 11.5 Å². The molecule has 2 aromatic heterocycles. The Labute approximate surface area is 201 Å². The number of amides is 1. The van der Waals surface area contributed by atoms with Crippen LogP contribution in [0.15, 0.2) is 60.9 Å². The molecule has 4 aromatic rings. The molecule has 0 bridgehead atoms. The van der Waals surface area contributed by atoms with Gasteiger partial charge in [-0.25, -0.2) is 14.4 Å². The first-order valence-corrected chi connectivity index (χ1v) is 11.1. The first-order chi connectivity index (χ1) is 16.2. The highest BCUT2D eigenvalue weighted by atomic mass is 35.5. The molecule has 1 unspecified atom stereocenters. The van der Waals surface area contributed by atoms with Gasteiger partial charge in [-0.1, -0.05) is 35.9 Å². The molecule has 0 aliphatic heterocycles. The lowest BCUT2D eigenvalue weighted by atomic mass is 10.0. The van der Waals surface area contributed by atoms with Gasteiger partial charge in [0.2, 0.25) is 0 Å². The van der Waals surface area contributed by atoms with Crippen molar-refractivity contribution in [3.63, 3.8) is 0 Å². The minimum absolute atomic E-state index is 0.151. The van der Waals surface area contributed by atoms with Crippen molar-refractivity contribution >= 4 is 17.5 Å². The summed E-state index contributed by atoms with van der Waals surface area (Å²) < 4.78 is 16.3. The summed E-state index contributed by atoms with van der Waals surface area (Å²) in [7, 11) is 1.78. The van der Waals surface area contributed by atoms with Gasteiger partial charge < -0.3 is 11.1 Å². The number of hydrogen-bond donors (Lipinski definition) is 2. The van der Waals surface area contributed by atoms with E-state index in [1.807, 2.05) is 12.1 Å². The normalized spacial score (nSPS) is 12.9. The van der Waals surface area contributed by atoms with E-state index in [4.69, 9.17) is 17.3 Å².